The molecule has 1 aliphatic heterocycles. The van der Waals surface area contributed by atoms with Crippen molar-refractivity contribution >= 4 is 5.82 Å². The van der Waals surface area contributed by atoms with Crippen LogP contribution in [0.5, 0.6) is 0 Å². The number of nitrogens with two attached hydrogens (primary N) is 1. The summed E-state index contributed by atoms with van der Waals surface area (Å²) in [6.45, 7) is 8.25. The van der Waals surface area contributed by atoms with Crippen molar-refractivity contribution in [3.05, 3.63) is 41.6 Å². The van der Waals surface area contributed by atoms with E-state index in [1.54, 1.807) is 0 Å². The van der Waals surface area contributed by atoms with Crippen molar-refractivity contribution in [2.75, 3.05) is 11.4 Å². The third kappa shape index (κ3) is 2.33. The molecule has 3 rings (SSSR count). The maximum absolute atomic E-state index is 6.02. The van der Waals surface area contributed by atoms with E-state index in [0.29, 0.717) is 6.54 Å². The van der Waals surface area contributed by atoms with Gasteiger partial charge in [0.05, 0.1) is 11.4 Å². The highest BCUT2D eigenvalue weighted by Gasteiger charge is 2.36. The van der Waals surface area contributed by atoms with Gasteiger partial charge in [-0.1, -0.05) is 18.2 Å². The van der Waals surface area contributed by atoms with Crippen LogP contribution in [0.2, 0.25) is 0 Å². The molecule has 0 radical (unpaired) electrons. The van der Waals surface area contributed by atoms with Gasteiger partial charge < -0.3 is 10.6 Å². The van der Waals surface area contributed by atoms with Crippen LogP contribution in [0.1, 0.15) is 37.9 Å². The first-order valence-corrected chi connectivity index (χ1v) is 7.66. The van der Waals surface area contributed by atoms with Crippen molar-refractivity contribution in [1.29, 1.82) is 0 Å². The summed E-state index contributed by atoms with van der Waals surface area (Å²) in [7, 11) is 0. The van der Waals surface area contributed by atoms with Crippen LogP contribution in [0.15, 0.2) is 30.3 Å². The van der Waals surface area contributed by atoms with E-state index >= 15 is 0 Å². The van der Waals surface area contributed by atoms with Crippen LogP contribution in [0.4, 0.5) is 5.82 Å². The lowest BCUT2D eigenvalue weighted by Gasteiger charge is -2.34. The summed E-state index contributed by atoms with van der Waals surface area (Å²) >= 11 is 0. The Labute approximate surface area is 126 Å². The SMILES string of the molecule is Cc1nn(-c2ccccc2)c(N2CCCC2(C)C)c1CN. The molecule has 2 heterocycles. The molecule has 0 saturated carbocycles. The van der Waals surface area contributed by atoms with Gasteiger partial charge in [-0.05, 0) is 45.7 Å². The van der Waals surface area contributed by atoms with Crippen LogP contribution in [0, 0.1) is 6.92 Å². The molecule has 2 N–H and O–H groups in total. The zero-order chi connectivity index (χ0) is 15.0. The lowest BCUT2D eigenvalue weighted by atomic mass is 10.0. The predicted molar refractivity (Wildman–Crippen MR) is 86.9 cm³/mol. The van der Waals surface area contributed by atoms with Crippen LogP contribution in [0.3, 0.4) is 0 Å². The Morgan fingerprint density at radius 1 is 1.24 bits per heavy atom. The van der Waals surface area contributed by atoms with Crippen molar-refractivity contribution in [1.82, 2.24) is 9.78 Å². The first-order chi connectivity index (χ1) is 10.0. The largest absolute Gasteiger partial charge is 0.351 e. The Kier molecular flexibility index (Phi) is 3.49. The summed E-state index contributed by atoms with van der Waals surface area (Å²) in [5, 5.41) is 4.76. The molecule has 0 bridgehead atoms. The molecule has 112 valence electrons. The molecule has 0 atom stereocenters. The Morgan fingerprint density at radius 3 is 2.52 bits per heavy atom. The second kappa shape index (κ2) is 5.19. The van der Waals surface area contributed by atoms with E-state index in [1.165, 1.54) is 18.7 Å². The number of aryl methyl sites for hydroxylation is 1. The highest BCUT2D eigenvalue weighted by molar-refractivity contribution is 5.57. The van der Waals surface area contributed by atoms with E-state index in [4.69, 9.17) is 10.8 Å². The fourth-order valence-electron chi connectivity index (χ4n) is 3.31. The van der Waals surface area contributed by atoms with Gasteiger partial charge in [-0.25, -0.2) is 4.68 Å². The third-order valence-corrected chi connectivity index (χ3v) is 4.52. The first kappa shape index (κ1) is 14.1. The number of hydrogen-bond donors (Lipinski definition) is 1. The molecule has 0 amide bonds. The molecular formula is C17H24N4. The fraction of sp³-hybridized carbons (Fsp3) is 0.471. The summed E-state index contributed by atoms with van der Waals surface area (Å²) in [4.78, 5) is 2.47. The normalized spacial score (nSPS) is 17.4. The molecule has 1 saturated heterocycles. The molecule has 0 unspecified atom stereocenters. The predicted octanol–water partition coefficient (Wildman–Crippen LogP) is 3.02. The van der Waals surface area contributed by atoms with E-state index in [2.05, 4.69) is 35.6 Å². The number of aromatic nitrogens is 2. The summed E-state index contributed by atoms with van der Waals surface area (Å²) in [5.41, 5.74) is 9.46. The molecule has 4 nitrogen and oxygen atoms in total. The fourth-order valence-corrected chi connectivity index (χ4v) is 3.31. The second-order valence-electron chi connectivity index (χ2n) is 6.41. The van der Waals surface area contributed by atoms with Gasteiger partial charge in [0.25, 0.3) is 0 Å². The maximum Gasteiger partial charge on any atom is 0.137 e. The lowest BCUT2D eigenvalue weighted by Crippen LogP contribution is -2.40. The van der Waals surface area contributed by atoms with Crippen molar-refractivity contribution in [2.45, 2.75) is 45.7 Å². The minimum atomic E-state index is 0.156. The van der Waals surface area contributed by atoms with Crippen LogP contribution < -0.4 is 10.6 Å². The standard InChI is InChI=1S/C17H24N4/c1-13-15(12-18)16(20-11-7-10-17(20,2)3)21(19-13)14-8-5-4-6-9-14/h4-6,8-9H,7,10-12,18H2,1-3H3. The second-order valence-corrected chi connectivity index (χ2v) is 6.41. The van der Waals surface area contributed by atoms with E-state index in [-0.39, 0.29) is 5.54 Å². The van der Waals surface area contributed by atoms with Crippen molar-refractivity contribution in [2.24, 2.45) is 5.73 Å². The molecule has 2 aromatic rings. The van der Waals surface area contributed by atoms with Gasteiger partial charge in [0.2, 0.25) is 0 Å². The van der Waals surface area contributed by atoms with E-state index in [9.17, 15) is 0 Å². The van der Waals surface area contributed by atoms with E-state index < -0.39 is 0 Å². The van der Waals surface area contributed by atoms with Crippen LogP contribution in [0.25, 0.3) is 5.69 Å². The third-order valence-electron chi connectivity index (χ3n) is 4.52. The average molecular weight is 284 g/mol. The lowest BCUT2D eigenvalue weighted by molar-refractivity contribution is 0.509. The highest BCUT2D eigenvalue weighted by atomic mass is 15.4. The zero-order valence-corrected chi connectivity index (χ0v) is 13.1. The van der Waals surface area contributed by atoms with Gasteiger partial charge in [-0.15, -0.1) is 0 Å². The minimum absolute atomic E-state index is 0.156. The van der Waals surface area contributed by atoms with Gasteiger partial charge in [-0.2, -0.15) is 5.10 Å². The number of hydrogen-bond acceptors (Lipinski definition) is 3. The zero-order valence-electron chi connectivity index (χ0n) is 13.1. The number of rotatable bonds is 3. The smallest absolute Gasteiger partial charge is 0.137 e. The summed E-state index contributed by atoms with van der Waals surface area (Å²) in [5.74, 6) is 1.17. The minimum Gasteiger partial charge on any atom is -0.351 e. The molecular weight excluding hydrogens is 260 g/mol. The number of para-hydroxylation sites is 1. The van der Waals surface area contributed by atoms with Gasteiger partial charge in [0.1, 0.15) is 5.82 Å². The van der Waals surface area contributed by atoms with Crippen LogP contribution in [-0.2, 0) is 6.54 Å². The summed E-state index contributed by atoms with van der Waals surface area (Å²) in [6.07, 6.45) is 2.42. The highest BCUT2D eigenvalue weighted by Crippen LogP contribution is 2.37. The average Bonchev–Trinajstić information content (AvgIpc) is 2.98. The van der Waals surface area contributed by atoms with Crippen LogP contribution >= 0.6 is 0 Å². The topological polar surface area (TPSA) is 47.1 Å². The molecule has 1 aliphatic rings. The Balaban J connectivity index is 2.18. The van der Waals surface area contributed by atoms with Crippen LogP contribution in [-0.4, -0.2) is 21.9 Å². The van der Waals surface area contributed by atoms with Gasteiger partial charge >= 0.3 is 0 Å². The molecule has 0 aliphatic carbocycles. The monoisotopic (exact) mass is 284 g/mol. The maximum atomic E-state index is 6.02. The first-order valence-electron chi connectivity index (χ1n) is 7.66. The molecule has 21 heavy (non-hydrogen) atoms. The molecule has 0 spiro atoms. The quantitative estimate of drug-likeness (QED) is 0.942. The van der Waals surface area contributed by atoms with Gasteiger partial charge in [0.15, 0.2) is 0 Å². The molecule has 1 aromatic heterocycles. The molecule has 1 fully saturated rings. The molecule has 4 heteroatoms. The van der Waals surface area contributed by atoms with E-state index in [0.717, 1.165) is 23.5 Å². The van der Waals surface area contributed by atoms with Gasteiger partial charge in [-0.3, -0.25) is 0 Å². The number of nitrogens with zero attached hydrogens (tertiary/aromatic N) is 3. The Bertz CT molecular complexity index is 628. The summed E-state index contributed by atoms with van der Waals surface area (Å²) < 4.78 is 2.06. The Morgan fingerprint density at radius 2 is 1.95 bits per heavy atom. The number of anilines is 1. The Hall–Kier alpha value is -1.81. The van der Waals surface area contributed by atoms with Crippen molar-refractivity contribution < 1.29 is 0 Å². The van der Waals surface area contributed by atoms with Gasteiger partial charge in [0, 0.05) is 24.2 Å². The van der Waals surface area contributed by atoms with Crippen molar-refractivity contribution in [3.63, 3.8) is 0 Å². The molecule has 1 aromatic carbocycles. The van der Waals surface area contributed by atoms with Crippen molar-refractivity contribution in [3.8, 4) is 5.69 Å². The number of benzene rings is 1. The summed E-state index contributed by atoms with van der Waals surface area (Å²) in [6, 6.07) is 10.3. The van der Waals surface area contributed by atoms with E-state index in [1.807, 2.05) is 25.1 Å².